The molecule has 2 N–H and O–H groups in total. The van der Waals surface area contributed by atoms with Crippen LogP contribution in [0, 0.1) is 27.7 Å². The first-order chi connectivity index (χ1) is 15.5. The number of nitrogens with one attached hydrogen (secondary N) is 2. The molecule has 3 rings (SSSR count). The van der Waals surface area contributed by atoms with Crippen LogP contribution in [0.15, 0.2) is 53.6 Å². The van der Waals surface area contributed by atoms with E-state index in [4.69, 9.17) is 0 Å². The minimum absolute atomic E-state index is 0.147. The topological polar surface area (TPSA) is 75.5 Å². The Labute approximate surface area is 189 Å². The van der Waals surface area contributed by atoms with Gasteiger partial charge in [0.05, 0.1) is 11.8 Å². The van der Waals surface area contributed by atoms with E-state index in [0.29, 0.717) is 0 Å². The van der Waals surface area contributed by atoms with Gasteiger partial charge in [-0.2, -0.15) is 18.3 Å². The van der Waals surface area contributed by atoms with Gasteiger partial charge in [-0.15, -0.1) is 0 Å². The fraction of sp³-hybridized carbons (Fsp3) is 0.208. The monoisotopic (exact) mass is 456 g/mol. The summed E-state index contributed by atoms with van der Waals surface area (Å²) in [5.41, 5.74) is 6.92. The van der Waals surface area contributed by atoms with Crippen molar-refractivity contribution in [3.05, 3.63) is 82.2 Å². The second-order valence-corrected chi connectivity index (χ2v) is 7.68. The number of benzene rings is 2. The van der Waals surface area contributed by atoms with E-state index >= 15 is 0 Å². The molecule has 1 aromatic heterocycles. The second kappa shape index (κ2) is 9.32. The molecule has 3 aromatic rings. The number of aryl methyl sites for hydroxylation is 3. The Balaban J connectivity index is 1.69. The molecule has 0 bridgehead atoms. The maximum atomic E-state index is 12.8. The third kappa shape index (κ3) is 5.49. The fourth-order valence-corrected chi connectivity index (χ4v) is 3.52. The van der Waals surface area contributed by atoms with Gasteiger partial charge in [0.1, 0.15) is 0 Å². The Bertz CT molecular complexity index is 1240. The van der Waals surface area contributed by atoms with E-state index in [1.165, 1.54) is 12.3 Å². The quantitative estimate of drug-likeness (QED) is 0.336. The smallest absolute Gasteiger partial charge is 0.318 e. The summed E-state index contributed by atoms with van der Waals surface area (Å²) in [6, 6.07) is 12.1. The first-order valence-electron chi connectivity index (χ1n) is 10.1. The molecule has 33 heavy (non-hydrogen) atoms. The highest BCUT2D eigenvalue weighted by Crippen LogP contribution is 2.30. The highest BCUT2D eigenvalue weighted by Gasteiger charge is 2.30. The van der Waals surface area contributed by atoms with Crippen LogP contribution in [0.5, 0.6) is 0 Å². The Hall–Kier alpha value is -3.88. The highest BCUT2D eigenvalue weighted by molar-refractivity contribution is 6.39. The number of halogens is 3. The predicted molar refractivity (Wildman–Crippen MR) is 121 cm³/mol. The predicted octanol–water partition coefficient (Wildman–Crippen LogP) is 4.82. The first-order valence-corrected chi connectivity index (χ1v) is 10.1. The van der Waals surface area contributed by atoms with Crippen LogP contribution >= 0.6 is 0 Å². The van der Waals surface area contributed by atoms with E-state index in [-0.39, 0.29) is 5.69 Å². The summed E-state index contributed by atoms with van der Waals surface area (Å²) in [6.45, 7) is 7.91. The number of amides is 2. The number of carbonyl (C=O) groups excluding carboxylic acids is 2. The fourth-order valence-electron chi connectivity index (χ4n) is 3.52. The molecular formula is C24H23F3N4O2. The van der Waals surface area contributed by atoms with Crippen molar-refractivity contribution in [1.82, 2.24) is 9.99 Å². The van der Waals surface area contributed by atoms with Crippen LogP contribution in [-0.4, -0.2) is 22.6 Å². The molecular weight excluding hydrogens is 433 g/mol. The molecule has 0 aliphatic heterocycles. The van der Waals surface area contributed by atoms with Crippen LogP contribution in [0.4, 0.5) is 18.9 Å². The van der Waals surface area contributed by atoms with Crippen LogP contribution in [-0.2, 0) is 15.8 Å². The molecule has 0 aliphatic rings. The Morgan fingerprint density at radius 3 is 2.36 bits per heavy atom. The third-order valence-electron chi connectivity index (χ3n) is 5.09. The van der Waals surface area contributed by atoms with Gasteiger partial charge in [0.15, 0.2) is 0 Å². The summed E-state index contributed by atoms with van der Waals surface area (Å²) in [5.74, 6) is -2.24. The van der Waals surface area contributed by atoms with Crippen molar-refractivity contribution in [2.75, 3.05) is 5.32 Å². The van der Waals surface area contributed by atoms with E-state index in [0.717, 1.165) is 52.0 Å². The van der Waals surface area contributed by atoms with E-state index in [2.05, 4.69) is 26.5 Å². The van der Waals surface area contributed by atoms with E-state index < -0.39 is 23.6 Å². The summed E-state index contributed by atoms with van der Waals surface area (Å²) in [6.07, 6.45) is -3.14. The van der Waals surface area contributed by atoms with Gasteiger partial charge in [-0.25, -0.2) is 5.43 Å². The number of hydrogen-bond donors (Lipinski definition) is 2. The molecule has 0 atom stereocenters. The summed E-state index contributed by atoms with van der Waals surface area (Å²) in [5, 5.41) is 5.96. The summed E-state index contributed by atoms with van der Waals surface area (Å²) in [7, 11) is 0. The molecule has 0 spiro atoms. The van der Waals surface area contributed by atoms with Crippen LogP contribution in [0.3, 0.4) is 0 Å². The van der Waals surface area contributed by atoms with Gasteiger partial charge in [0.2, 0.25) is 0 Å². The Kier molecular flexibility index (Phi) is 6.71. The first kappa shape index (κ1) is 23.8. The molecule has 172 valence electrons. The lowest BCUT2D eigenvalue weighted by Crippen LogP contribution is -2.32. The maximum Gasteiger partial charge on any atom is 0.416 e. The molecule has 9 heteroatoms. The van der Waals surface area contributed by atoms with E-state index in [1.807, 2.05) is 45.9 Å². The van der Waals surface area contributed by atoms with Crippen molar-refractivity contribution < 1.29 is 22.8 Å². The number of rotatable bonds is 4. The van der Waals surface area contributed by atoms with Gasteiger partial charge >= 0.3 is 18.0 Å². The lowest BCUT2D eigenvalue weighted by Gasteiger charge is -2.13. The third-order valence-corrected chi connectivity index (χ3v) is 5.09. The zero-order chi connectivity index (χ0) is 24.3. The Morgan fingerprint density at radius 1 is 0.970 bits per heavy atom. The number of hydrazone groups is 1. The van der Waals surface area contributed by atoms with Crippen molar-refractivity contribution in [3.8, 4) is 5.69 Å². The number of carbonyl (C=O) groups is 2. The second-order valence-electron chi connectivity index (χ2n) is 7.68. The molecule has 2 aromatic carbocycles. The molecule has 1 heterocycles. The molecule has 0 aliphatic carbocycles. The molecule has 0 saturated heterocycles. The van der Waals surface area contributed by atoms with Crippen molar-refractivity contribution in [1.29, 1.82) is 0 Å². The number of nitrogens with zero attached hydrogens (tertiary/aromatic N) is 2. The van der Waals surface area contributed by atoms with Crippen molar-refractivity contribution in [2.24, 2.45) is 5.10 Å². The number of anilines is 1. The largest absolute Gasteiger partial charge is 0.416 e. The number of hydrogen-bond acceptors (Lipinski definition) is 3. The summed E-state index contributed by atoms with van der Waals surface area (Å²) < 4.78 is 40.4. The van der Waals surface area contributed by atoms with Crippen LogP contribution in [0.1, 0.15) is 33.6 Å². The van der Waals surface area contributed by atoms with Crippen LogP contribution < -0.4 is 10.7 Å². The van der Waals surface area contributed by atoms with Crippen molar-refractivity contribution >= 4 is 23.7 Å². The summed E-state index contributed by atoms with van der Waals surface area (Å²) in [4.78, 5) is 24.0. The standard InChI is InChI=1S/C24H23F3N4O2/c1-14-8-9-21(15(2)10-14)31-16(3)11-18(17(31)4)13-28-30-23(33)22(32)29-20-7-5-6-19(12-20)24(25,26)27/h5-13H,1-4H3,(H,29,32)(H,30,33)/b28-13-. The molecule has 0 radical (unpaired) electrons. The number of aromatic nitrogens is 1. The van der Waals surface area contributed by atoms with Gasteiger partial charge in [-0.1, -0.05) is 23.8 Å². The van der Waals surface area contributed by atoms with Gasteiger partial charge in [-0.3, -0.25) is 9.59 Å². The maximum absolute atomic E-state index is 12.8. The average Bonchev–Trinajstić information content (AvgIpc) is 3.01. The van der Waals surface area contributed by atoms with Crippen LogP contribution in [0.25, 0.3) is 5.69 Å². The number of alkyl halides is 3. The van der Waals surface area contributed by atoms with E-state index in [9.17, 15) is 22.8 Å². The molecule has 6 nitrogen and oxygen atoms in total. The molecule has 2 amide bonds. The lowest BCUT2D eigenvalue weighted by molar-refractivity contribution is -0.137. The van der Waals surface area contributed by atoms with Gasteiger partial charge in [0.25, 0.3) is 0 Å². The molecule has 0 fully saturated rings. The van der Waals surface area contributed by atoms with Gasteiger partial charge < -0.3 is 9.88 Å². The highest BCUT2D eigenvalue weighted by atomic mass is 19.4. The SMILES string of the molecule is Cc1ccc(-n2c(C)cc(/C=N\NC(=O)C(=O)Nc3cccc(C(F)(F)F)c3)c2C)c(C)c1. The van der Waals surface area contributed by atoms with Crippen molar-refractivity contribution in [2.45, 2.75) is 33.9 Å². The minimum atomic E-state index is -4.56. The normalized spacial score (nSPS) is 11.6. The molecule has 0 saturated carbocycles. The minimum Gasteiger partial charge on any atom is -0.318 e. The van der Waals surface area contributed by atoms with Crippen LogP contribution in [0.2, 0.25) is 0 Å². The zero-order valence-electron chi connectivity index (χ0n) is 18.5. The van der Waals surface area contributed by atoms with Gasteiger partial charge in [-0.05, 0) is 63.6 Å². The summed E-state index contributed by atoms with van der Waals surface area (Å²) >= 11 is 0. The Morgan fingerprint density at radius 2 is 1.70 bits per heavy atom. The van der Waals surface area contributed by atoms with Crippen molar-refractivity contribution in [3.63, 3.8) is 0 Å². The molecule has 0 unspecified atom stereocenters. The zero-order valence-corrected chi connectivity index (χ0v) is 18.5. The average molecular weight is 456 g/mol. The van der Waals surface area contributed by atoms with Gasteiger partial charge in [0, 0.05) is 28.3 Å². The lowest BCUT2D eigenvalue weighted by atomic mass is 10.1. The van der Waals surface area contributed by atoms with E-state index in [1.54, 1.807) is 0 Å².